The van der Waals surface area contributed by atoms with Crippen LogP contribution in [-0.4, -0.2) is 18.4 Å². The van der Waals surface area contributed by atoms with Crippen molar-refractivity contribution in [2.45, 2.75) is 12.8 Å². The summed E-state index contributed by atoms with van der Waals surface area (Å²) >= 11 is 0. The summed E-state index contributed by atoms with van der Waals surface area (Å²) in [5, 5.41) is 5.76. The van der Waals surface area contributed by atoms with Crippen LogP contribution in [-0.2, 0) is 4.79 Å². The molecule has 5 nitrogen and oxygen atoms in total. The molecular formula is C25H22N2O3. The number of hydrogen-bond acceptors (Lipinski definition) is 3. The lowest BCUT2D eigenvalue weighted by atomic mass is 10.0. The average molecular weight is 398 g/mol. The zero-order valence-corrected chi connectivity index (χ0v) is 16.6. The summed E-state index contributed by atoms with van der Waals surface area (Å²) in [4.78, 5) is 25.0. The van der Waals surface area contributed by atoms with Crippen molar-refractivity contribution in [1.29, 1.82) is 0 Å². The summed E-state index contributed by atoms with van der Waals surface area (Å²) in [6, 6.07) is 24.5. The number of anilines is 1. The van der Waals surface area contributed by atoms with Crippen molar-refractivity contribution in [2.24, 2.45) is 0 Å². The molecule has 1 aliphatic rings. The van der Waals surface area contributed by atoms with Crippen LogP contribution >= 0.6 is 0 Å². The number of nitrogens with one attached hydrogen (secondary N) is 2. The van der Waals surface area contributed by atoms with E-state index < -0.39 is 0 Å². The highest BCUT2D eigenvalue weighted by Crippen LogP contribution is 2.32. The fourth-order valence-electron chi connectivity index (χ4n) is 3.25. The van der Waals surface area contributed by atoms with Crippen molar-refractivity contribution in [3.8, 4) is 5.75 Å². The molecule has 2 N–H and O–H groups in total. The van der Waals surface area contributed by atoms with E-state index in [-0.39, 0.29) is 23.5 Å². The van der Waals surface area contributed by atoms with Gasteiger partial charge in [0.15, 0.2) is 11.5 Å². The first kappa shape index (κ1) is 19.5. The average Bonchev–Trinajstić information content (AvgIpc) is 2.78. The van der Waals surface area contributed by atoms with E-state index in [0.29, 0.717) is 23.5 Å². The van der Waals surface area contributed by atoms with Gasteiger partial charge in [0.05, 0.1) is 5.69 Å². The monoisotopic (exact) mass is 398 g/mol. The maximum Gasteiger partial charge on any atom is 0.291 e. The van der Waals surface area contributed by atoms with E-state index in [1.165, 1.54) is 5.56 Å². The topological polar surface area (TPSA) is 67.4 Å². The lowest BCUT2D eigenvalue weighted by Crippen LogP contribution is -2.28. The first-order valence-corrected chi connectivity index (χ1v) is 9.83. The molecule has 1 unspecified atom stereocenters. The molecular weight excluding hydrogens is 376 g/mol. The molecule has 4 rings (SSSR count). The largest absolute Gasteiger partial charge is 0.449 e. The van der Waals surface area contributed by atoms with Crippen LogP contribution < -0.4 is 15.4 Å². The molecule has 1 aliphatic heterocycles. The Kier molecular flexibility index (Phi) is 5.61. The van der Waals surface area contributed by atoms with Crippen LogP contribution in [0, 0.1) is 0 Å². The lowest BCUT2D eigenvalue weighted by molar-refractivity contribution is -0.115. The molecule has 2 amide bonds. The molecule has 3 aromatic carbocycles. The van der Waals surface area contributed by atoms with Crippen LogP contribution in [0.15, 0.2) is 84.6 Å². The van der Waals surface area contributed by atoms with E-state index in [9.17, 15) is 9.59 Å². The molecule has 5 heteroatoms. The third kappa shape index (κ3) is 4.41. The number of rotatable bonds is 5. The van der Waals surface area contributed by atoms with Crippen LogP contribution in [0.25, 0.3) is 6.08 Å². The minimum Gasteiger partial charge on any atom is -0.449 e. The summed E-state index contributed by atoms with van der Waals surface area (Å²) < 4.78 is 5.76. The van der Waals surface area contributed by atoms with Crippen LogP contribution in [0.4, 0.5) is 5.69 Å². The zero-order valence-electron chi connectivity index (χ0n) is 16.6. The summed E-state index contributed by atoms with van der Waals surface area (Å²) in [6.07, 6.45) is 1.68. The molecule has 1 heterocycles. The summed E-state index contributed by atoms with van der Waals surface area (Å²) in [7, 11) is 0. The Balaban J connectivity index is 1.44. The van der Waals surface area contributed by atoms with Gasteiger partial charge in [0.1, 0.15) is 0 Å². The maximum absolute atomic E-state index is 12.6. The van der Waals surface area contributed by atoms with Crippen LogP contribution in [0.1, 0.15) is 34.3 Å². The Morgan fingerprint density at radius 3 is 2.47 bits per heavy atom. The summed E-state index contributed by atoms with van der Waals surface area (Å²) in [6.45, 7) is 2.59. The molecule has 0 radical (unpaired) electrons. The Labute approximate surface area is 175 Å². The third-order valence-electron chi connectivity index (χ3n) is 4.97. The normalized spacial score (nSPS) is 15.0. The minimum atomic E-state index is -0.346. The standard InChI is InChI=1S/C25H22N2O3/c1-17(19-10-6-3-7-11-19)16-26-24(28)20-12-13-22-21(15-20)27-25(29)23(30-22)14-18-8-4-2-5-9-18/h2-15,17H,16H2,1H3,(H,26,28)(H,27,29). The van der Waals surface area contributed by atoms with Crippen molar-refractivity contribution in [3.05, 3.63) is 101 Å². The van der Waals surface area contributed by atoms with Crippen LogP contribution in [0.3, 0.4) is 0 Å². The number of amides is 2. The highest BCUT2D eigenvalue weighted by molar-refractivity contribution is 6.09. The van der Waals surface area contributed by atoms with Gasteiger partial charge in [-0.25, -0.2) is 0 Å². The molecule has 0 spiro atoms. The van der Waals surface area contributed by atoms with Gasteiger partial charge >= 0.3 is 0 Å². The van der Waals surface area contributed by atoms with E-state index in [0.717, 1.165) is 5.56 Å². The van der Waals surface area contributed by atoms with Crippen molar-refractivity contribution in [1.82, 2.24) is 5.32 Å². The Hall–Kier alpha value is -3.86. The molecule has 150 valence electrons. The second kappa shape index (κ2) is 8.66. The molecule has 3 aromatic rings. The minimum absolute atomic E-state index is 0.194. The Bertz CT molecular complexity index is 1090. The smallest absolute Gasteiger partial charge is 0.291 e. The van der Waals surface area contributed by atoms with E-state index in [4.69, 9.17) is 4.74 Å². The van der Waals surface area contributed by atoms with Gasteiger partial charge in [-0.2, -0.15) is 0 Å². The molecule has 0 aliphatic carbocycles. The zero-order chi connectivity index (χ0) is 20.9. The fourth-order valence-corrected chi connectivity index (χ4v) is 3.25. The highest BCUT2D eigenvalue weighted by Gasteiger charge is 2.23. The van der Waals surface area contributed by atoms with Gasteiger partial charge in [-0.05, 0) is 41.3 Å². The van der Waals surface area contributed by atoms with Gasteiger partial charge in [0.25, 0.3) is 11.8 Å². The van der Waals surface area contributed by atoms with Gasteiger partial charge < -0.3 is 15.4 Å². The second-order valence-corrected chi connectivity index (χ2v) is 7.21. The summed E-state index contributed by atoms with van der Waals surface area (Å²) in [5.74, 6) is 0.372. The van der Waals surface area contributed by atoms with E-state index in [2.05, 4.69) is 17.6 Å². The number of carbonyl (C=O) groups is 2. The predicted octanol–water partition coefficient (Wildman–Crippen LogP) is 4.59. The van der Waals surface area contributed by atoms with Crippen molar-refractivity contribution in [3.63, 3.8) is 0 Å². The van der Waals surface area contributed by atoms with Crippen LogP contribution in [0.2, 0.25) is 0 Å². The lowest BCUT2D eigenvalue weighted by Gasteiger charge is -2.21. The van der Waals surface area contributed by atoms with Crippen molar-refractivity contribution < 1.29 is 14.3 Å². The number of fused-ring (bicyclic) bond motifs is 1. The highest BCUT2D eigenvalue weighted by atomic mass is 16.5. The van der Waals surface area contributed by atoms with Gasteiger partial charge in [-0.15, -0.1) is 0 Å². The molecule has 30 heavy (non-hydrogen) atoms. The summed E-state index contributed by atoms with van der Waals surface area (Å²) in [5.41, 5.74) is 2.98. The SMILES string of the molecule is CC(CNC(=O)c1ccc2c(c1)NC(=O)C(=Cc1ccccc1)O2)c1ccccc1. The molecule has 1 atom stereocenters. The third-order valence-corrected chi connectivity index (χ3v) is 4.97. The first-order valence-electron chi connectivity index (χ1n) is 9.83. The first-order chi connectivity index (χ1) is 14.6. The molecule has 0 fully saturated rings. The van der Waals surface area contributed by atoms with Gasteiger partial charge in [-0.1, -0.05) is 67.6 Å². The number of carbonyl (C=O) groups excluding carboxylic acids is 2. The molecule has 0 bridgehead atoms. The van der Waals surface area contributed by atoms with E-state index in [1.54, 1.807) is 24.3 Å². The van der Waals surface area contributed by atoms with Crippen molar-refractivity contribution >= 4 is 23.6 Å². The van der Waals surface area contributed by atoms with Crippen molar-refractivity contribution in [2.75, 3.05) is 11.9 Å². The quantitative estimate of drug-likeness (QED) is 0.618. The Morgan fingerprint density at radius 2 is 1.73 bits per heavy atom. The molecule has 0 saturated heterocycles. The maximum atomic E-state index is 12.6. The number of benzene rings is 3. The number of hydrogen-bond donors (Lipinski definition) is 2. The molecule has 0 saturated carbocycles. The van der Waals surface area contributed by atoms with Gasteiger partial charge in [0, 0.05) is 12.1 Å². The van der Waals surface area contributed by atoms with E-state index in [1.807, 2.05) is 60.7 Å². The van der Waals surface area contributed by atoms with Gasteiger partial charge in [-0.3, -0.25) is 9.59 Å². The Morgan fingerprint density at radius 1 is 1.03 bits per heavy atom. The fraction of sp³-hybridized carbons (Fsp3) is 0.120. The van der Waals surface area contributed by atoms with E-state index >= 15 is 0 Å². The predicted molar refractivity (Wildman–Crippen MR) is 117 cm³/mol. The van der Waals surface area contributed by atoms with Crippen LogP contribution in [0.5, 0.6) is 5.75 Å². The van der Waals surface area contributed by atoms with Gasteiger partial charge in [0.2, 0.25) is 0 Å². The molecule has 0 aromatic heterocycles. The second-order valence-electron chi connectivity index (χ2n) is 7.21. The number of ether oxygens (including phenoxy) is 1.